The Kier molecular flexibility index (Phi) is 7.08. The van der Waals surface area contributed by atoms with E-state index in [1.807, 2.05) is 0 Å². The highest BCUT2D eigenvalue weighted by Gasteiger charge is 2.20. The number of nitrogens with one attached hydrogen (secondary N) is 1. The number of rotatable bonds is 8. The first kappa shape index (κ1) is 21.3. The fourth-order valence-electron chi connectivity index (χ4n) is 2.54. The number of nitrogens with zero attached hydrogens (tertiary/aromatic N) is 1. The number of sulfonamides is 1. The summed E-state index contributed by atoms with van der Waals surface area (Å²) in [6.45, 7) is 4.39. The van der Waals surface area contributed by atoms with E-state index in [-0.39, 0.29) is 10.8 Å². The lowest BCUT2D eigenvalue weighted by Gasteiger charge is -2.18. The standard InChI is InChI=1S/C20H23N3O4S/c1-3-23(4-2)28(26,27)18-12-5-15(6-13-18)7-14-19(24)22-17-10-8-16(9-11-17)20(21)25/h5-14H,3-4H2,1-2H3,(H2,21,25)(H,22,24)/b14-7+. The Morgan fingerprint density at radius 1 is 1.00 bits per heavy atom. The van der Waals surface area contributed by atoms with Gasteiger partial charge in [0.1, 0.15) is 0 Å². The van der Waals surface area contributed by atoms with Crippen LogP contribution in [-0.4, -0.2) is 37.6 Å². The summed E-state index contributed by atoms with van der Waals surface area (Å²) in [4.78, 5) is 23.3. The Bertz CT molecular complexity index is 962. The van der Waals surface area contributed by atoms with Crippen LogP contribution in [0.5, 0.6) is 0 Å². The summed E-state index contributed by atoms with van der Waals surface area (Å²) in [7, 11) is -3.50. The van der Waals surface area contributed by atoms with Crippen LogP contribution in [-0.2, 0) is 14.8 Å². The monoisotopic (exact) mass is 401 g/mol. The van der Waals surface area contributed by atoms with E-state index < -0.39 is 15.9 Å². The molecule has 0 aromatic heterocycles. The summed E-state index contributed by atoms with van der Waals surface area (Å²) in [5.41, 5.74) is 6.74. The quantitative estimate of drug-likeness (QED) is 0.662. The number of hydrogen-bond donors (Lipinski definition) is 2. The molecule has 2 rings (SSSR count). The summed E-state index contributed by atoms with van der Waals surface area (Å²) < 4.78 is 26.3. The third kappa shape index (κ3) is 5.28. The number of nitrogens with two attached hydrogens (primary N) is 1. The molecule has 0 spiro atoms. The van der Waals surface area contributed by atoms with Crippen LogP contribution in [0, 0.1) is 0 Å². The lowest BCUT2D eigenvalue weighted by atomic mass is 10.2. The molecule has 3 N–H and O–H groups in total. The molecule has 0 atom stereocenters. The van der Waals surface area contributed by atoms with Crippen molar-refractivity contribution in [1.29, 1.82) is 0 Å². The fourth-order valence-corrected chi connectivity index (χ4v) is 4.00. The summed E-state index contributed by atoms with van der Waals surface area (Å²) in [6.07, 6.45) is 2.93. The normalized spacial score (nSPS) is 11.7. The molecular weight excluding hydrogens is 378 g/mol. The van der Waals surface area contributed by atoms with E-state index >= 15 is 0 Å². The van der Waals surface area contributed by atoms with Crippen molar-refractivity contribution in [2.45, 2.75) is 18.7 Å². The first-order valence-corrected chi connectivity index (χ1v) is 10.2. The molecule has 0 aliphatic heterocycles. The minimum Gasteiger partial charge on any atom is -0.366 e. The molecule has 0 saturated carbocycles. The number of amides is 2. The first-order chi connectivity index (χ1) is 13.3. The molecule has 2 aromatic rings. The van der Waals surface area contributed by atoms with Gasteiger partial charge in [-0.3, -0.25) is 9.59 Å². The number of carbonyl (C=O) groups is 2. The molecule has 2 aromatic carbocycles. The molecule has 2 amide bonds. The van der Waals surface area contributed by atoms with Crippen molar-refractivity contribution in [2.24, 2.45) is 5.73 Å². The maximum Gasteiger partial charge on any atom is 0.248 e. The van der Waals surface area contributed by atoms with E-state index in [0.717, 1.165) is 0 Å². The minimum absolute atomic E-state index is 0.215. The fraction of sp³-hybridized carbons (Fsp3) is 0.200. The van der Waals surface area contributed by atoms with Crippen LogP contribution >= 0.6 is 0 Å². The molecule has 0 bridgehead atoms. The summed E-state index contributed by atoms with van der Waals surface area (Å²) in [5, 5.41) is 2.66. The molecule has 0 fully saturated rings. The van der Waals surface area contributed by atoms with E-state index in [1.165, 1.54) is 34.6 Å². The van der Waals surface area contributed by atoms with Crippen LogP contribution in [0.15, 0.2) is 59.5 Å². The van der Waals surface area contributed by atoms with E-state index in [1.54, 1.807) is 44.2 Å². The number of benzene rings is 2. The van der Waals surface area contributed by atoms with E-state index in [9.17, 15) is 18.0 Å². The third-order valence-electron chi connectivity index (χ3n) is 4.09. The van der Waals surface area contributed by atoms with Crippen molar-refractivity contribution in [3.05, 3.63) is 65.7 Å². The van der Waals surface area contributed by atoms with Gasteiger partial charge >= 0.3 is 0 Å². The van der Waals surface area contributed by atoms with Crippen LogP contribution in [0.1, 0.15) is 29.8 Å². The van der Waals surface area contributed by atoms with Gasteiger partial charge in [-0.05, 0) is 48.0 Å². The largest absolute Gasteiger partial charge is 0.366 e. The molecule has 8 heteroatoms. The highest BCUT2D eigenvalue weighted by atomic mass is 32.2. The SMILES string of the molecule is CCN(CC)S(=O)(=O)c1ccc(/C=C/C(=O)Nc2ccc(C(N)=O)cc2)cc1. The van der Waals surface area contributed by atoms with Crippen molar-refractivity contribution in [2.75, 3.05) is 18.4 Å². The van der Waals surface area contributed by atoms with Crippen molar-refractivity contribution < 1.29 is 18.0 Å². The van der Waals surface area contributed by atoms with Gasteiger partial charge in [-0.25, -0.2) is 8.42 Å². The zero-order valence-corrected chi connectivity index (χ0v) is 16.6. The van der Waals surface area contributed by atoms with Crippen molar-refractivity contribution in [3.63, 3.8) is 0 Å². The second-order valence-electron chi connectivity index (χ2n) is 5.92. The van der Waals surface area contributed by atoms with E-state index in [2.05, 4.69) is 5.32 Å². The zero-order valence-electron chi connectivity index (χ0n) is 15.8. The lowest BCUT2D eigenvalue weighted by Crippen LogP contribution is -2.30. The topological polar surface area (TPSA) is 110 Å². The van der Waals surface area contributed by atoms with Gasteiger partial charge in [0, 0.05) is 30.4 Å². The Hall–Kier alpha value is -2.97. The lowest BCUT2D eigenvalue weighted by molar-refractivity contribution is -0.111. The number of hydrogen-bond acceptors (Lipinski definition) is 4. The molecule has 7 nitrogen and oxygen atoms in total. The molecule has 28 heavy (non-hydrogen) atoms. The van der Waals surface area contributed by atoms with Gasteiger partial charge < -0.3 is 11.1 Å². The molecule has 0 radical (unpaired) electrons. The van der Waals surface area contributed by atoms with Gasteiger partial charge in [0.15, 0.2) is 0 Å². The van der Waals surface area contributed by atoms with Gasteiger partial charge in [0.05, 0.1) is 4.90 Å². The van der Waals surface area contributed by atoms with Gasteiger partial charge in [-0.15, -0.1) is 0 Å². The molecule has 0 aliphatic carbocycles. The van der Waals surface area contributed by atoms with Crippen molar-refractivity contribution >= 4 is 33.6 Å². The van der Waals surface area contributed by atoms with Crippen LogP contribution < -0.4 is 11.1 Å². The molecule has 0 heterocycles. The van der Waals surface area contributed by atoms with Crippen molar-refractivity contribution in [3.8, 4) is 0 Å². The van der Waals surface area contributed by atoms with E-state index in [0.29, 0.717) is 29.9 Å². The summed E-state index contributed by atoms with van der Waals surface area (Å²) in [6, 6.07) is 12.5. The second-order valence-corrected chi connectivity index (χ2v) is 7.86. The molecular formula is C20H23N3O4S. The Morgan fingerprint density at radius 2 is 1.57 bits per heavy atom. The van der Waals surface area contributed by atoms with Gasteiger partial charge in [0.2, 0.25) is 21.8 Å². The maximum absolute atomic E-state index is 12.5. The molecule has 0 unspecified atom stereocenters. The highest BCUT2D eigenvalue weighted by molar-refractivity contribution is 7.89. The zero-order chi connectivity index (χ0) is 20.7. The van der Waals surface area contributed by atoms with Gasteiger partial charge in [-0.2, -0.15) is 4.31 Å². The Morgan fingerprint density at radius 3 is 2.07 bits per heavy atom. The van der Waals surface area contributed by atoms with Crippen LogP contribution in [0.4, 0.5) is 5.69 Å². The number of carbonyl (C=O) groups excluding carboxylic acids is 2. The average Bonchev–Trinajstić information content (AvgIpc) is 2.68. The smallest absolute Gasteiger partial charge is 0.248 e. The van der Waals surface area contributed by atoms with E-state index in [4.69, 9.17) is 5.73 Å². The highest BCUT2D eigenvalue weighted by Crippen LogP contribution is 2.17. The Balaban J connectivity index is 2.04. The number of anilines is 1. The summed E-state index contributed by atoms with van der Waals surface area (Å²) in [5.74, 6) is -0.893. The molecule has 148 valence electrons. The maximum atomic E-state index is 12.5. The predicted octanol–water partition coefficient (Wildman–Crippen LogP) is 2.47. The van der Waals surface area contributed by atoms with Crippen LogP contribution in [0.2, 0.25) is 0 Å². The van der Waals surface area contributed by atoms with Crippen LogP contribution in [0.3, 0.4) is 0 Å². The van der Waals surface area contributed by atoms with Gasteiger partial charge in [-0.1, -0.05) is 26.0 Å². The summed E-state index contributed by atoms with van der Waals surface area (Å²) >= 11 is 0. The first-order valence-electron chi connectivity index (χ1n) is 8.77. The van der Waals surface area contributed by atoms with Crippen LogP contribution in [0.25, 0.3) is 6.08 Å². The van der Waals surface area contributed by atoms with Crippen molar-refractivity contribution in [1.82, 2.24) is 4.31 Å². The molecule has 0 aliphatic rings. The second kappa shape index (κ2) is 9.29. The number of primary amides is 1. The average molecular weight is 401 g/mol. The van der Waals surface area contributed by atoms with Gasteiger partial charge in [0.25, 0.3) is 0 Å². The predicted molar refractivity (Wildman–Crippen MR) is 109 cm³/mol. The third-order valence-corrected chi connectivity index (χ3v) is 6.15. The Labute approximate surface area is 164 Å². The minimum atomic E-state index is -3.50. The molecule has 0 saturated heterocycles.